The molecule has 0 aliphatic carbocycles. The number of benzene rings is 1. The van der Waals surface area contributed by atoms with Crippen molar-refractivity contribution in [3.05, 3.63) is 29.0 Å². The number of aromatic amines is 1. The molecule has 2 aromatic rings. The first kappa shape index (κ1) is 14.3. The Morgan fingerprint density at radius 2 is 2.38 bits per heavy atom. The van der Waals surface area contributed by atoms with Crippen LogP contribution in [0, 0.1) is 0 Å². The van der Waals surface area contributed by atoms with Crippen LogP contribution in [0.1, 0.15) is 18.8 Å². The van der Waals surface area contributed by atoms with Crippen LogP contribution in [0.3, 0.4) is 0 Å². The molecule has 2 heterocycles. The van der Waals surface area contributed by atoms with Gasteiger partial charge >= 0.3 is 0 Å². The molecule has 1 aliphatic heterocycles. The van der Waals surface area contributed by atoms with Gasteiger partial charge in [0.2, 0.25) is 0 Å². The van der Waals surface area contributed by atoms with Crippen LogP contribution in [0.15, 0.2) is 18.2 Å². The molecule has 0 radical (unpaired) electrons. The summed E-state index contributed by atoms with van der Waals surface area (Å²) in [6, 6.07) is 5.17. The SMILES string of the molecule is CC(NC(=O)C1COCCO1)c1nc2ccc(Cl)cc2[nH]1. The van der Waals surface area contributed by atoms with E-state index in [-0.39, 0.29) is 18.6 Å². The number of hydrogen-bond acceptors (Lipinski definition) is 4. The first-order valence-corrected chi connectivity index (χ1v) is 7.16. The number of nitrogens with one attached hydrogen (secondary N) is 2. The Hall–Kier alpha value is -1.63. The minimum absolute atomic E-state index is 0.194. The number of fused-ring (bicyclic) bond motifs is 1. The highest BCUT2D eigenvalue weighted by Gasteiger charge is 2.24. The standard InChI is InChI=1S/C14H16ClN3O3/c1-8(16-14(19)12-7-20-4-5-21-12)13-17-10-3-2-9(15)6-11(10)18-13/h2-3,6,8,12H,4-5,7H2,1H3,(H,16,19)(H,17,18). The Morgan fingerprint density at radius 1 is 1.52 bits per heavy atom. The van der Waals surface area contributed by atoms with E-state index in [1.165, 1.54) is 0 Å². The second-order valence-electron chi connectivity index (χ2n) is 4.95. The summed E-state index contributed by atoms with van der Waals surface area (Å²) in [5, 5.41) is 3.51. The highest BCUT2D eigenvalue weighted by atomic mass is 35.5. The van der Waals surface area contributed by atoms with E-state index in [0.717, 1.165) is 11.0 Å². The van der Waals surface area contributed by atoms with E-state index >= 15 is 0 Å². The van der Waals surface area contributed by atoms with Gasteiger partial charge in [-0.15, -0.1) is 0 Å². The Bertz CT molecular complexity index is 652. The van der Waals surface area contributed by atoms with Crippen LogP contribution < -0.4 is 5.32 Å². The number of amides is 1. The minimum Gasteiger partial charge on any atom is -0.376 e. The second kappa shape index (κ2) is 6.01. The fourth-order valence-corrected chi connectivity index (χ4v) is 2.39. The molecule has 2 unspecified atom stereocenters. The number of imidazole rings is 1. The number of hydrogen-bond donors (Lipinski definition) is 2. The van der Waals surface area contributed by atoms with E-state index in [1.54, 1.807) is 12.1 Å². The van der Waals surface area contributed by atoms with Crippen LogP contribution in [-0.4, -0.2) is 41.8 Å². The van der Waals surface area contributed by atoms with Crippen LogP contribution in [-0.2, 0) is 14.3 Å². The fraction of sp³-hybridized carbons (Fsp3) is 0.429. The lowest BCUT2D eigenvalue weighted by molar-refractivity contribution is -0.148. The Labute approximate surface area is 126 Å². The highest BCUT2D eigenvalue weighted by molar-refractivity contribution is 6.31. The van der Waals surface area contributed by atoms with Gasteiger partial charge in [0.15, 0.2) is 6.10 Å². The van der Waals surface area contributed by atoms with Crippen LogP contribution in [0.4, 0.5) is 0 Å². The molecule has 7 heteroatoms. The predicted molar refractivity (Wildman–Crippen MR) is 78.2 cm³/mol. The van der Waals surface area contributed by atoms with Gasteiger partial charge in [-0.2, -0.15) is 0 Å². The summed E-state index contributed by atoms with van der Waals surface area (Å²) in [6.07, 6.45) is -0.556. The lowest BCUT2D eigenvalue weighted by Gasteiger charge is -2.23. The van der Waals surface area contributed by atoms with Crippen molar-refractivity contribution in [3.63, 3.8) is 0 Å². The molecule has 1 saturated heterocycles. The average molecular weight is 310 g/mol. The second-order valence-corrected chi connectivity index (χ2v) is 5.38. The summed E-state index contributed by atoms with van der Waals surface area (Å²) in [4.78, 5) is 19.7. The Morgan fingerprint density at radius 3 is 3.14 bits per heavy atom. The maximum Gasteiger partial charge on any atom is 0.252 e. The van der Waals surface area contributed by atoms with E-state index < -0.39 is 6.10 Å². The first-order chi connectivity index (χ1) is 10.1. The predicted octanol–water partition coefficient (Wildman–Crippen LogP) is 1.81. The van der Waals surface area contributed by atoms with Gasteiger partial charge < -0.3 is 19.8 Å². The number of carbonyl (C=O) groups is 1. The zero-order chi connectivity index (χ0) is 14.8. The van der Waals surface area contributed by atoms with E-state index in [2.05, 4.69) is 15.3 Å². The van der Waals surface area contributed by atoms with Gasteiger partial charge in [-0.3, -0.25) is 4.79 Å². The lowest BCUT2D eigenvalue weighted by atomic mass is 10.2. The lowest BCUT2D eigenvalue weighted by Crippen LogP contribution is -2.43. The van der Waals surface area contributed by atoms with Crippen molar-refractivity contribution in [3.8, 4) is 0 Å². The fourth-order valence-electron chi connectivity index (χ4n) is 2.22. The third kappa shape index (κ3) is 3.18. The molecule has 112 valence electrons. The quantitative estimate of drug-likeness (QED) is 0.906. The number of aromatic nitrogens is 2. The highest BCUT2D eigenvalue weighted by Crippen LogP contribution is 2.20. The molecule has 21 heavy (non-hydrogen) atoms. The molecular weight excluding hydrogens is 294 g/mol. The van der Waals surface area contributed by atoms with Gasteiger partial charge in [-0.1, -0.05) is 11.6 Å². The van der Waals surface area contributed by atoms with E-state index in [1.807, 2.05) is 13.0 Å². The molecule has 0 bridgehead atoms. The molecule has 1 aliphatic rings. The smallest absolute Gasteiger partial charge is 0.252 e. The molecule has 2 atom stereocenters. The van der Waals surface area contributed by atoms with Gasteiger partial charge in [0.25, 0.3) is 5.91 Å². The number of rotatable bonds is 3. The number of nitrogens with zero attached hydrogens (tertiary/aromatic N) is 1. The van der Waals surface area contributed by atoms with Crippen molar-refractivity contribution in [1.82, 2.24) is 15.3 Å². The number of carbonyl (C=O) groups excluding carboxylic acids is 1. The zero-order valence-electron chi connectivity index (χ0n) is 11.6. The summed E-state index contributed by atoms with van der Waals surface area (Å²) in [6.45, 7) is 3.12. The first-order valence-electron chi connectivity index (χ1n) is 6.78. The van der Waals surface area contributed by atoms with Crippen molar-refractivity contribution in [1.29, 1.82) is 0 Å². The van der Waals surface area contributed by atoms with E-state index in [9.17, 15) is 4.79 Å². The van der Waals surface area contributed by atoms with Gasteiger partial charge in [-0.05, 0) is 25.1 Å². The van der Waals surface area contributed by atoms with Crippen molar-refractivity contribution in [2.75, 3.05) is 19.8 Å². The molecule has 1 amide bonds. The maximum absolute atomic E-state index is 12.1. The van der Waals surface area contributed by atoms with Crippen molar-refractivity contribution in [2.24, 2.45) is 0 Å². The van der Waals surface area contributed by atoms with Gasteiger partial charge in [0.1, 0.15) is 5.82 Å². The van der Waals surface area contributed by atoms with Crippen molar-refractivity contribution >= 4 is 28.5 Å². The maximum atomic E-state index is 12.1. The summed E-state index contributed by atoms with van der Waals surface area (Å²) in [5.41, 5.74) is 1.66. The zero-order valence-corrected chi connectivity index (χ0v) is 12.3. The normalized spacial score (nSPS) is 20.4. The van der Waals surface area contributed by atoms with Gasteiger partial charge in [-0.25, -0.2) is 4.98 Å². The largest absolute Gasteiger partial charge is 0.376 e. The van der Waals surface area contributed by atoms with Crippen LogP contribution >= 0.6 is 11.6 Å². The summed E-state index contributed by atoms with van der Waals surface area (Å²) in [5.74, 6) is 0.484. The Balaban J connectivity index is 1.71. The molecule has 6 nitrogen and oxygen atoms in total. The monoisotopic (exact) mass is 309 g/mol. The number of H-pyrrole nitrogens is 1. The third-order valence-corrected chi connectivity index (χ3v) is 3.57. The van der Waals surface area contributed by atoms with Crippen LogP contribution in [0.25, 0.3) is 11.0 Å². The molecule has 2 N–H and O–H groups in total. The molecule has 1 aromatic carbocycles. The minimum atomic E-state index is -0.556. The summed E-state index contributed by atoms with van der Waals surface area (Å²) in [7, 11) is 0. The summed E-state index contributed by atoms with van der Waals surface area (Å²) < 4.78 is 10.6. The van der Waals surface area contributed by atoms with E-state index in [0.29, 0.717) is 24.1 Å². The molecule has 1 aromatic heterocycles. The Kier molecular flexibility index (Phi) is 4.10. The molecule has 1 fully saturated rings. The van der Waals surface area contributed by atoms with Crippen LogP contribution in [0.5, 0.6) is 0 Å². The van der Waals surface area contributed by atoms with Crippen molar-refractivity contribution in [2.45, 2.75) is 19.1 Å². The molecular formula is C14H16ClN3O3. The number of halogens is 1. The van der Waals surface area contributed by atoms with E-state index in [4.69, 9.17) is 21.1 Å². The van der Waals surface area contributed by atoms with Gasteiger partial charge in [0, 0.05) is 5.02 Å². The van der Waals surface area contributed by atoms with Gasteiger partial charge in [0.05, 0.1) is 36.9 Å². The third-order valence-electron chi connectivity index (χ3n) is 3.34. The van der Waals surface area contributed by atoms with Crippen molar-refractivity contribution < 1.29 is 14.3 Å². The number of ether oxygens (including phenoxy) is 2. The topological polar surface area (TPSA) is 76.2 Å². The average Bonchev–Trinajstić information content (AvgIpc) is 2.91. The molecule has 3 rings (SSSR count). The molecule has 0 spiro atoms. The molecule has 0 saturated carbocycles. The summed E-state index contributed by atoms with van der Waals surface area (Å²) >= 11 is 5.95. The van der Waals surface area contributed by atoms with Crippen LogP contribution in [0.2, 0.25) is 5.02 Å².